The summed E-state index contributed by atoms with van der Waals surface area (Å²) in [6.45, 7) is 10.9. The fourth-order valence-electron chi connectivity index (χ4n) is 3.99. The van der Waals surface area contributed by atoms with Crippen LogP contribution in [0.25, 0.3) is 0 Å². The van der Waals surface area contributed by atoms with Gasteiger partial charge in [-0.1, -0.05) is 40.0 Å². The molecular formula is C17H34N2S. The minimum atomic E-state index is 0.474. The molecule has 118 valence electrons. The van der Waals surface area contributed by atoms with E-state index in [1.54, 1.807) is 0 Å². The summed E-state index contributed by atoms with van der Waals surface area (Å²) in [6.07, 6.45) is 8.34. The molecule has 0 amide bonds. The van der Waals surface area contributed by atoms with Crippen LogP contribution in [-0.2, 0) is 0 Å². The first-order valence-electron chi connectivity index (χ1n) is 8.77. The van der Waals surface area contributed by atoms with E-state index in [2.05, 4.69) is 42.7 Å². The average Bonchev–Trinajstić information content (AvgIpc) is 2.91. The zero-order valence-electron chi connectivity index (χ0n) is 13.8. The molecule has 2 aliphatic rings. The lowest BCUT2D eigenvalue weighted by molar-refractivity contribution is 0.0523. The van der Waals surface area contributed by atoms with Crippen molar-refractivity contribution in [2.45, 2.75) is 70.9 Å². The van der Waals surface area contributed by atoms with Crippen molar-refractivity contribution in [1.29, 1.82) is 0 Å². The molecule has 1 aliphatic heterocycles. The van der Waals surface area contributed by atoms with E-state index >= 15 is 0 Å². The normalized spacial score (nSPS) is 28.1. The average molecular weight is 299 g/mol. The van der Waals surface area contributed by atoms with E-state index in [1.807, 2.05) is 0 Å². The van der Waals surface area contributed by atoms with Crippen LogP contribution < -0.4 is 5.32 Å². The lowest BCUT2D eigenvalue weighted by Crippen LogP contribution is -2.64. The van der Waals surface area contributed by atoms with Crippen LogP contribution >= 0.6 is 11.8 Å². The summed E-state index contributed by atoms with van der Waals surface area (Å²) in [6, 6.07) is 0.762. The van der Waals surface area contributed by atoms with Crippen LogP contribution in [0.2, 0.25) is 0 Å². The van der Waals surface area contributed by atoms with E-state index in [1.165, 1.54) is 69.7 Å². The van der Waals surface area contributed by atoms with E-state index in [4.69, 9.17) is 0 Å². The van der Waals surface area contributed by atoms with E-state index in [-0.39, 0.29) is 0 Å². The molecule has 0 radical (unpaired) electrons. The van der Waals surface area contributed by atoms with E-state index in [0.29, 0.717) is 5.54 Å². The predicted octanol–water partition coefficient (Wildman–Crippen LogP) is 3.76. The van der Waals surface area contributed by atoms with Gasteiger partial charge in [0.05, 0.1) is 0 Å². The molecule has 20 heavy (non-hydrogen) atoms. The molecule has 3 heteroatoms. The molecule has 0 bridgehead atoms. The molecule has 0 aromatic heterocycles. The molecule has 1 heterocycles. The highest BCUT2D eigenvalue weighted by atomic mass is 32.2. The first-order chi connectivity index (χ1) is 9.71. The Morgan fingerprint density at radius 1 is 1.30 bits per heavy atom. The molecule has 2 fully saturated rings. The standard InChI is InChI=1S/C17H34N2S/c1-4-15(3)16-13-18-17(9-6-7-10-17)14-19(16)11-8-12-20-5-2/h15-16,18H,4-14H2,1-3H3. The van der Waals surface area contributed by atoms with Gasteiger partial charge in [0.25, 0.3) is 0 Å². The topological polar surface area (TPSA) is 15.3 Å². The third-order valence-corrected chi connectivity index (χ3v) is 6.45. The zero-order valence-corrected chi connectivity index (χ0v) is 14.6. The summed E-state index contributed by atoms with van der Waals surface area (Å²) in [5, 5.41) is 3.94. The Labute approximate surface area is 130 Å². The SMILES string of the molecule is CCSCCCN1CC2(CCCC2)NCC1C(C)CC. The van der Waals surface area contributed by atoms with Gasteiger partial charge in [-0.2, -0.15) is 11.8 Å². The molecule has 2 atom stereocenters. The minimum Gasteiger partial charge on any atom is -0.308 e. The Morgan fingerprint density at radius 2 is 2.05 bits per heavy atom. The van der Waals surface area contributed by atoms with Crippen molar-refractivity contribution in [2.75, 3.05) is 31.1 Å². The summed E-state index contributed by atoms with van der Waals surface area (Å²) in [7, 11) is 0. The molecular weight excluding hydrogens is 264 g/mol. The van der Waals surface area contributed by atoms with E-state index < -0.39 is 0 Å². The van der Waals surface area contributed by atoms with Crippen LogP contribution in [0.5, 0.6) is 0 Å². The molecule has 0 aromatic carbocycles. The fourth-order valence-corrected chi connectivity index (χ4v) is 4.61. The molecule has 0 aromatic rings. The van der Waals surface area contributed by atoms with Gasteiger partial charge in [0.2, 0.25) is 0 Å². The molecule has 2 nitrogen and oxygen atoms in total. The summed E-state index contributed by atoms with van der Waals surface area (Å²) < 4.78 is 0. The Bertz CT molecular complexity index is 276. The second-order valence-electron chi connectivity index (χ2n) is 6.84. The van der Waals surface area contributed by atoms with Crippen LogP contribution in [0.3, 0.4) is 0 Å². The van der Waals surface area contributed by atoms with Gasteiger partial charge in [-0.25, -0.2) is 0 Å². The molecule has 1 N–H and O–H groups in total. The lowest BCUT2D eigenvalue weighted by Gasteiger charge is -2.48. The van der Waals surface area contributed by atoms with Gasteiger partial charge in [0, 0.05) is 24.7 Å². The van der Waals surface area contributed by atoms with Crippen LogP contribution in [0.15, 0.2) is 0 Å². The van der Waals surface area contributed by atoms with Crippen LogP contribution in [0.1, 0.15) is 59.3 Å². The Balaban J connectivity index is 1.91. The van der Waals surface area contributed by atoms with Crippen LogP contribution in [0.4, 0.5) is 0 Å². The summed E-state index contributed by atoms with van der Waals surface area (Å²) in [4.78, 5) is 2.84. The van der Waals surface area contributed by atoms with Gasteiger partial charge >= 0.3 is 0 Å². The molecule has 1 saturated heterocycles. The maximum Gasteiger partial charge on any atom is 0.0309 e. The first-order valence-corrected chi connectivity index (χ1v) is 9.93. The highest BCUT2D eigenvalue weighted by Crippen LogP contribution is 2.34. The summed E-state index contributed by atoms with van der Waals surface area (Å²) in [5.74, 6) is 3.42. The van der Waals surface area contributed by atoms with E-state index in [9.17, 15) is 0 Å². The Morgan fingerprint density at radius 3 is 2.70 bits per heavy atom. The predicted molar refractivity (Wildman–Crippen MR) is 91.6 cm³/mol. The highest BCUT2D eigenvalue weighted by molar-refractivity contribution is 7.99. The number of thioether (sulfide) groups is 1. The van der Waals surface area contributed by atoms with Crippen LogP contribution in [0, 0.1) is 5.92 Å². The maximum atomic E-state index is 3.94. The highest BCUT2D eigenvalue weighted by Gasteiger charge is 2.41. The number of rotatable bonds is 7. The Kier molecular flexibility index (Phi) is 6.70. The third-order valence-electron chi connectivity index (χ3n) is 5.46. The zero-order chi connectivity index (χ0) is 14.4. The number of nitrogens with one attached hydrogen (secondary N) is 1. The first kappa shape index (κ1) is 16.6. The van der Waals surface area contributed by atoms with Crippen LogP contribution in [-0.4, -0.2) is 47.6 Å². The van der Waals surface area contributed by atoms with Crippen molar-refractivity contribution >= 4 is 11.8 Å². The molecule has 1 spiro atoms. The third kappa shape index (κ3) is 4.14. The van der Waals surface area contributed by atoms with Crippen molar-refractivity contribution in [3.63, 3.8) is 0 Å². The largest absolute Gasteiger partial charge is 0.308 e. The van der Waals surface area contributed by atoms with Crippen molar-refractivity contribution in [3.8, 4) is 0 Å². The lowest BCUT2D eigenvalue weighted by atomic mass is 9.87. The molecule has 2 rings (SSSR count). The summed E-state index contributed by atoms with van der Waals surface area (Å²) >= 11 is 2.09. The van der Waals surface area contributed by atoms with Crippen molar-refractivity contribution in [2.24, 2.45) is 5.92 Å². The number of piperazine rings is 1. The van der Waals surface area contributed by atoms with Crippen molar-refractivity contribution in [3.05, 3.63) is 0 Å². The van der Waals surface area contributed by atoms with Gasteiger partial charge in [0.15, 0.2) is 0 Å². The van der Waals surface area contributed by atoms with E-state index in [0.717, 1.165) is 12.0 Å². The number of hydrogen-bond acceptors (Lipinski definition) is 3. The van der Waals surface area contributed by atoms with Gasteiger partial charge in [-0.3, -0.25) is 4.90 Å². The van der Waals surface area contributed by atoms with Crippen molar-refractivity contribution in [1.82, 2.24) is 10.2 Å². The second-order valence-corrected chi connectivity index (χ2v) is 8.24. The van der Waals surface area contributed by atoms with Gasteiger partial charge in [0.1, 0.15) is 0 Å². The summed E-state index contributed by atoms with van der Waals surface area (Å²) in [5.41, 5.74) is 0.474. The smallest absolute Gasteiger partial charge is 0.0309 e. The number of hydrogen-bond donors (Lipinski definition) is 1. The van der Waals surface area contributed by atoms with Gasteiger partial charge in [-0.05, 0) is 43.2 Å². The Hall–Kier alpha value is 0.270. The maximum absolute atomic E-state index is 3.94. The number of nitrogens with zero attached hydrogens (tertiary/aromatic N) is 1. The molecule has 1 aliphatic carbocycles. The molecule has 2 unspecified atom stereocenters. The second kappa shape index (κ2) is 8.05. The van der Waals surface area contributed by atoms with Gasteiger partial charge in [-0.15, -0.1) is 0 Å². The monoisotopic (exact) mass is 298 g/mol. The quantitative estimate of drug-likeness (QED) is 0.720. The van der Waals surface area contributed by atoms with Gasteiger partial charge < -0.3 is 5.32 Å². The fraction of sp³-hybridized carbons (Fsp3) is 1.00. The minimum absolute atomic E-state index is 0.474. The van der Waals surface area contributed by atoms with Crippen molar-refractivity contribution < 1.29 is 0 Å². The molecule has 1 saturated carbocycles.